The minimum Gasteiger partial charge on any atom is -0.368 e. The highest BCUT2D eigenvalue weighted by Gasteiger charge is 2.20. The van der Waals surface area contributed by atoms with Gasteiger partial charge in [0, 0.05) is 6.04 Å². The van der Waals surface area contributed by atoms with Crippen molar-refractivity contribution in [3.8, 4) is 0 Å². The third-order valence-electron chi connectivity index (χ3n) is 3.68. The van der Waals surface area contributed by atoms with Crippen molar-refractivity contribution in [1.82, 2.24) is 5.32 Å². The predicted octanol–water partition coefficient (Wildman–Crippen LogP) is 3.19. The van der Waals surface area contributed by atoms with E-state index in [1.165, 1.54) is 24.0 Å². The number of nitrogens with one attached hydrogen (secondary N) is 1. The van der Waals surface area contributed by atoms with Crippen molar-refractivity contribution in [2.45, 2.75) is 59.0 Å². The minimum atomic E-state index is -0.317. The van der Waals surface area contributed by atoms with E-state index in [0.29, 0.717) is 5.92 Å². The number of carbonyl (C=O) groups excluding carboxylic acids is 1. The van der Waals surface area contributed by atoms with Gasteiger partial charge in [-0.05, 0) is 36.8 Å². The van der Waals surface area contributed by atoms with Gasteiger partial charge < -0.3 is 5.73 Å². The number of hydrogen-bond donors (Lipinski definition) is 2. The molecule has 2 atom stereocenters. The molecule has 112 valence electrons. The topological polar surface area (TPSA) is 55.1 Å². The predicted molar refractivity (Wildman–Crippen MR) is 84.4 cm³/mol. The lowest BCUT2D eigenvalue weighted by Gasteiger charge is -2.25. The van der Waals surface area contributed by atoms with E-state index >= 15 is 0 Å². The Labute approximate surface area is 122 Å². The largest absolute Gasteiger partial charge is 0.368 e. The van der Waals surface area contributed by atoms with Gasteiger partial charge in [-0.15, -0.1) is 0 Å². The lowest BCUT2D eigenvalue weighted by Crippen LogP contribution is -2.42. The van der Waals surface area contributed by atoms with Crippen LogP contribution in [0.4, 0.5) is 0 Å². The molecule has 3 nitrogen and oxygen atoms in total. The Balaban J connectivity index is 2.79. The van der Waals surface area contributed by atoms with E-state index in [4.69, 9.17) is 5.73 Å². The van der Waals surface area contributed by atoms with Crippen LogP contribution in [0.25, 0.3) is 0 Å². The maximum atomic E-state index is 11.2. The third kappa shape index (κ3) is 4.97. The summed E-state index contributed by atoms with van der Waals surface area (Å²) in [5, 5.41) is 3.32. The summed E-state index contributed by atoms with van der Waals surface area (Å²) in [6, 6.07) is 8.54. The lowest BCUT2D eigenvalue weighted by atomic mass is 9.94. The van der Waals surface area contributed by atoms with Crippen LogP contribution in [-0.2, 0) is 11.2 Å². The van der Waals surface area contributed by atoms with Crippen LogP contribution in [-0.4, -0.2) is 11.9 Å². The molecule has 0 radical (unpaired) electrons. The summed E-state index contributed by atoms with van der Waals surface area (Å²) in [6.45, 7) is 8.32. The molecule has 0 aliphatic rings. The van der Waals surface area contributed by atoms with Crippen molar-refractivity contribution in [3.05, 3.63) is 35.4 Å². The van der Waals surface area contributed by atoms with Crippen LogP contribution < -0.4 is 11.1 Å². The number of primary amides is 1. The molecule has 20 heavy (non-hydrogen) atoms. The second kappa shape index (κ2) is 8.05. The molecule has 0 aliphatic heterocycles. The summed E-state index contributed by atoms with van der Waals surface area (Å²) in [7, 11) is 0. The zero-order valence-electron chi connectivity index (χ0n) is 13.1. The summed E-state index contributed by atoms with van der Waals surface area (Å²) < 4.78 is 0. The Morgan fingerprint density at radius 3 is 2.25 bits per heavy atom. The van der Waals surface area contributed by atoms with E-state index in [1.54, 1.807) is 0 Å². The highest BCUT2D eigenvalue weighted by Crippen LogP contribution is 2.23. The fourth-order valence-electron chi connectivity index (χ4n) is 2.30. The van der Waals surface area contributed by atoms with E-state index in [2.05, 4.69) is 50.4 Å². The van der Waals surface area contributed by atoms with E-state index in [1.807, 2.05) is 6.92 Å². The van der Waals surface area contributed by atoms with Crippen molar-refractivity contribution in [2.75, 3.05) is 0 Å². The highest BCUT2D eigenvalue weighted by atomic mass is 16.1. The molecule has 0 unspecified atom stereocenters. The summed E-state index contributed by atoms with van der Waals surface area (Å²) in [4.78, 5) is 11.2. The van der Waals surface area contributed by atoms with E-state index in [0.717, 1.165) is 6.42 Å². The van der Waals surface area contributed by atoms with Gasteiger partial charge in [0.1, 0.15) is 0 Å². The number of benzene rings is 1. The summed E-state index contributed by atoms with van der Waals surface area (Å²) in [6.07, 6.45) is 3.58. The molecule has 1 rings (SSSR count). The summed E-state index contributed by atoms with van der Waals surface area (Å²) in [5.41, 5.74) is 7.93. The summed E-state index contributed by atoms with van der Waals surface area (Å²) in [5.74, 6) is 0.0912. The Kier molecular flexibility index (Phi) is 6.73. The quantitative estimate of drug-likeness (QED) is 0.766. The Hall–Kier alpha value is -1.35. The number of unbranched alkanes of at least 4 members (excludes halogenated alkanes) is 1. The maximum Gasteiger partial charge on any atom is 0.234 e. The molecule has 0 heterocycles. The lowest BCUT2D eigenvalue weighted by molar-refractivity contribution is -0.119. The molecule has 1 aromatic rings. The van der Waals surface area contributed by atoms with Gasteiger partial charge in [0.05, 0.1) is 6.04 Å². The van der Waals surface area contributed by atoms with Gasteiger partial charge in [-0.1, -0.05) is 51.5 Å². The molecular formula is C17H28N2O. The van der Waals surface area contributed by atoms with Crippen LogP contribution in [0.1, 0.15) is 57.7 Å². The van der Waals surface area contributed by atoms with Crippen LogP contribution in [0, 0.1) is 5.92 Å². The van der Waals surface area contributed by atoms with Crippen LogP contribution in [0.2, 0.25) is 0 Å². The molecule has 0 saturated carbocycles. The standard InChI is InChI=1S/C17H28N2O/c1-5-6-7-14-8-10-15(11-9-14)16(12(2)3)19-13(4)17(18)20/h8-13,16,19H,5-7H2,1-4H3,(H2,18,20)/t13-,16-/m1/s1. The zero-order valence-corrected chi connectivity index (χ0v) is 13.1. The van der Waals surface area contributed by atoms with Gasteiger partial charge in [0.25, 0.3) is 0 Å². The molecule has 3 heteroatoms. The maximum absolute atomic E-state index is 11.2. The van der Waals surface area contributed by atoms with Crippen molar-refractivity contribution < 1.29 is 4.79 Å². The van der Waals surface area contributed by atoms with Gasteiger partial charge in [-0.2, -0.15) is 0 Å². The first kappa shape index (κ1) is 16.7. The minimum absolute atomic E-state index is 0.151. The van der Waals surface area contributed by atoms with Crippen LogP contribution in [0.5, 0.6) is 0 Å². The van der Waals surface area contributed by atoms with E-state index in [-0.39, 0.29) is 18.0 Å². The van der Waals surface area contributed by atoms with Crippen LogP contribution in [0.3, 0.4) is 0 Å². The number of hydrogen-bond acceptors (Lipinski definition) is 2. The smallest absolute Gasteiger partial charge is 0.234 e. The number of aryl methyl sites for hydroxylation is 1. The van der Waals surface area contributed by atoms with Crippen molar-refractivity contribution >= 4 is 5.91 Å². The Morgan fingerprint density at radius 2 is 1.80 bits per heavy atom. The molecule has 3 N–H and O–H groups in total. The van der Waals surface area contributed by atoms with Crippen LogP contribution in [0.15, 0.2) is 24.3 Å². The molecule has 0 bridgehead atoms. The zero-order chi connectivity index (χ0) is 15.1. The normalized spacial score (nSPS) is 14.2. The SMILES string of the molecule is CCCCc1ccc([C@H](N[C@H](C)C(N)=O)C(C)C)cc1. The molecule has 0 spiro atoms. The van der Waals surface area contributed by atoms with Gasteiger partial charge >= 0.3 is 0 Å². The second-order valence-corrected chi connectivity index (χ2v) is 5.86. The van der Waals surface area contributed by atoms with Gasteiger partial charge in [0.15, 0.2) is 0 Å². The molecule has 0 aromatic heterocycles. The van der Waals surface area contributed by atoms with Crippen molar-refractivity contribution in [3.63, 3.8) is 0 Å². The molecular weight excluding hydrogens is 248 g/mol. The molecule has 1 amide bonds. The van der Waals surface area contributed by atoms with Crippen LogP contribution >= 0.6 is 0 Å². The van der Waals surface area contributed by atoms with Gasteiger partial charge in [0.2, 0.25) is 5.91 Å². The number of amides is 1. The highest BCUT2D eigenvalue weighted by molar-refractivity contribution is 5.79. The first-order valence-electron chi connectivity index (χ1n) is 7.59. The Morgan fingerprint density at radius 1 is 1.20 bits per heavy atom. The Bertz CT molecular complexity index is 412. The monoisotopic (exact) mass is 276 g/mol. The molecule has 1 aromatic carbocycles. The third-order valence-corrected chi connectivity index (χ3v) is 3.68. The van der Waals surface area contributed by atoms with Crippen molar-refractivity contribution in [2.24, 2.45) is 11.7 Å². The van der Waals surface area contributed by atoms with Gasteiger partial charge in [-0.3, -0.25) is 10.1 Å². The fourth-order valence-corrected chi connectivity index (χ4v) is 2.30. The number of rotatable bonds is 8. The first-order valence-corrected chi connectivity index (χ1v) is 7.59. The fraction of sp³-hybridized carbons (Fsp3) is 0.588. The average Bonchev–Trinajstić information content (AvgIpc) is 2.42. The summed E-state index contributed by atoms with van der Waals surface area (Å²) >= 11 is 0. The second-order valence-electron chi connectivity index (χ2n) is 5.86. The molecule has 0 fully saturated rings. The number of nitrogens with two attached hydrogens (primary N) is 1. The molecule has 0 aliphatic carbocycles. The molecule has 0 saturated heterocycles. The van der Waals surface area contributed by atoms with E-state index in [9.17, 15) is 4.79 Å². The first-order chi connectivity index (χ1) is 9.45. The average molecular weight is 276 g/mol. The number of carbonyl (C=O) groups is 1. The van der Waals surface area contributed by atoms with Gasteiger partial charge in [-0.25, -0.2) is 0 Å². The van der Waals surface area contributed by atoms with E-state index < -0.39 is 0 Å². The van der Waals surface area contributed by atoms with Crippen molar-refractivity contribution in [1.29, 1.82) is 0 Å².